The van der Waals surface area contributed by atoms with Gasteiger partial charge in [0, 0.05) is 36.4 Å². The lowest BCUT2D eigenvalue weighted by Crippen LogP contribution is -2.31. The molecule has 0 unspecified atom stereocenters. The molecule has 1 amide bonds. The quantitative estimate of drug-likeness (QED) is 0.267. The fourth-order valence-electron chi connectivity index (χ4n) is 6.38. The first-order chi connectivity index (χ1) is 18.9. The number of ether oxygens (including phenoxy) is 1. The second kappa shape index (κ2) is 10.2. The summed E-state index contributed by atoms with van der Waals surface area (Å²) in [4.78, 5) is 19.8. The van der Waals surface area contributed by atoms with Gasteiger partial charge in [-0.2, -0.15) is 0 Å². The zero-order valence-electron chi connectivity index (χ0n) is 22.4. The highest BCUT2D eigenvalue weighted by Gasteiger charge is 2.38. The number of benzene rings is 2. The molecule has 4 aromatic rings. The summed E-state index contributed by atoms with van der Waals surface area (Å²) in [6.07, 6.45) is 4.88. The summed E-state index contributed by atoms with van der Waals surface area (Å²) < 4.78 is 41.5. The average Bonchev–Trinajstić information content (AvgIpc) is 3.60. The molecule has 9 heteroatoms. The summed E-state index contributed by atoms with van der Waals surface area (Å²) in [7, 11) is 0. The lowest BCUT2D eigenvalue weighted by atomic mass is 9.92. The standard InChI is InChI=1S/C30H32F2N4O3/c1-4-38-22-9-6-20(7-10-22)36-26-12-5-19(29-17(2)34-39-18(29)3)15-25(26)33-30(36)27-13-14-28(37)35(27)21-8-11-23(31)24(32)16-21/h5,8,11-12,15-16,20,22,27H,4,6-7,9-10,13-14H2,1-3H3/t20?,22?,27-/m0/s1. The first kappa shape index (κ1) is 25.7. The average molecular weight is 535 g/mol. The molecule has 3 heterocycles. The van der Waals surface area contributed by atoms with Crippen molar-refractivity contribution in [2.24, 2.45) is 0 Å². The van der Waals surface area contributed by atoms with E-state index in [2.05, 4.69) is 21.9 Å². The Balaban J connectivity index is 1.47. The van der Waals surface area contributed by atoms with Crippen molar-refractivity contribution in [1.29, 1.82) is 0 Å². The number of hydrogen-bond acceptors (Lipinski definition) is 5. The number of halogens is 2. The highest BCUT2D eigenvalue weighted by molar-refractivity contribution is 5.96. The summed E-state index contributed by atoms with van der Waals surface area (Å²) in [6.45, 7) is 6.53. The third kappa shape index (κ3) is 4.52. The van der Waals surface area contributed by atoms with Crippen LogP contribution in [0.2, 0.25) is 0 Å². The number of carbonyl (C=O) groups is 1. The van der Waals surface area contributed by atoms with E-state index in [4.69, 9.17) is 14.2 Å². The van der Waals surface area contributed by atoms with E-state index in [-0.39, 0.29) is 24.1 Å². The molecule has 0 radical (unpaired) electrons. The van der Waals surface area contributed by atoms with Crippen LogP contribution in [0.15, 0.2) is 40.9 Å². The largest absolute Gasteiger partial charge is 0.379 e. The Kier molecular flexibility index (Phi) is 6.71. The molecule has 2 fully saturated rings. The van der Waals surface area contributed by atoms with Gasteiger partial charge in [-0.15, -0.1) is 0 Å². The van der Waals surface area contributed by atoms with Gasteiger partial charge in [-0.25, -0.2) is 13.8 Å². The van der Waals surface area contributed by atoms with E-state index in [9.17, 15) is 13.6 Å². The number of hydrogen-bond donors (Lipinski definition) is 0. The Hall–Kier alpha value is -3.59. The van der Waals surface area contributed by atoms with Crippen molar-refractivity contribution >= 4 is 22.6 Å². The van der Waals surface area contributed by atoms with Gasteiger partial charge in [-0.3, -0.25) is 4.79 Å². The fourth-order valence-corrected chi connectivity index (χ4v) is 6.38. The lowest BCUT2D eigenvalue weighted by molar-refractivity contribution is -0.117. The van der Waals surface area contributed by atoms with Crippen molar-refractivity contribution in [2.45, 2.75) is 77.5 Å². The number of carbonyl (C=O) groups excluding carboxylic acids is 1. The molecular formula is C30H32F2N4O3. The number of aryl methyl sites for hydroxylation is 2. The monoisotopic (exact) mass is 534 g/mol. The van der Waals surface area contributed by atoms with Crippen molar-refractivity contribution in [3.63, 3.8) is 0 Å². The van der Waals surface area contributed by atoms with Gasteiger partial charge in [-0.1, -0.05) is 11.2 Å². The second-order valence-electron chi connectivity index (χ2n) is 10.5. The molecule has 2 aromatic heterocycles. The fraction of sp³-hybridized carbons (Fsp3) is 0.433. The molecule has 1 saturated carbocycles. The summed E-state index contributed by atoms with van der Waals surface area (Å²) in [5, 5.41) is 4.11. The lowest BCUT2D eigenvalue weighted by Gasteiger charge is -2.32. The highest BCUT2D eigenvalue weighted by Crippen LogP contribution is 2.42. The summed E-state index contributed by atoms with van der Waals surface area (Å²) in [5.41, 5.74) is 4.88. The van der Waals surface area contributed by atoms with Crippen LogP contribution in [0, 0.1) is 25.5 Å². The van der Waals surface area contributed by atoms with Crippen LogP contribution in [-0.4, -0.2) is 33.3 Å². The number of rotatable bonds is 6. The molecule has 0 spiro atoms. The Morgan fingerprint density at radius 2 is 1.82 bits per heavy atom. The van der Waals surface area contributed by atoms with Crippen molar-refractivity contribution in [3.8, 4) is 11.1 Å². The molecule has 0 bridgehead atoms. The first-order valence-electron chi connectivity index (χ1n) is 13.7. The number of fused-ring (bicyclic) bond motifs is 1. The van der Waals surface area contributed by atoms with Crippen LogP contribution < -0.4 is 4.90 Å². The third-order valence-electron chi connectivity index (χ3n) is 8.14. The maximum atomic E-state index is 14.2. The number of nitrogens with zero attached hydrogens (tertiary/aromatic N) is 4. The van der Waals surface area contributed by atoms with Gasteiger partial charge in [0.25, 0.3) is 0 Å². The maximum absolute atomic E-state index is 14.2. The number of amides is 1. The smallest absolute Gasteiger partial charge is 0.227 e. The molecular weight excluding hydrogens is 502 g/mol. The van der Waals surface area contributed by atoms with E-state index in [1.165, 1.54) is 6.07 Å². The molecule has 1 atom stereocenters. The van der Waals surface area contributed by atoms with Crippen LogP contribution in [0.1, 0.15) is 74.8 Å². The van der Waals surface area contributed by atoms with Crippen molar-refractivity contribution in [2.75, 3.05) is 11.5 Å². The highest BCUT2D eigenvalue weighted by atomic mass is 19.2. The topological polar surface area (TPSA) is 73.4 Å². The minimum atomic E-state index is -0.974. The van der Waals surface area contributed by atoms with E-state index in [0.717, 1.165) is 77.3 Å². The van der Waals surface area contributed by atoms with Gasteiger partial charge in [0.1, 0.15) is 11.6 Å². The molecule has 1 aliphatic heterocycles. The molecule has 204 valence electrons. The molecule has 0 N–H and O–H groups in total. The predicted molar refractivity (Wildman–Crippen MR) is 143 cm³/mol. The van der Waals surface area contributed by atoms with E-state index >= 15 is 0 Å². The normalized spacial score (nSPS) is 21.8. The van der Waals surface area contributed by atoms with Gasteiger partial charge in [-0.05, 0) is 82.7 Å². The van der Waals surface area contributed by atoms with Gasteiger partial charge in [0.2, 0.25) is 5.91 Å². The van der Waals surface area contributed by atoms with Gasteiger partial charge >= 0.3 is 0 Å². The summed E-state index contributed by atoms with van der Waals surface area (Å²) in [6, 6.07) is 9.63. The Morgan fingerprint density at radius 1 is 1.03 bits per heavy atom. The molecule has 2 aromatic carbocycles. The Morgan fingerprint density at radius 3 is 2.51 bits per heavy atom. The third-order valence-corrected chi connectivity index (χ3v) is 8.14. The van der Waals surface area contributed by atoms with Crippen LogP contribution in [0.25, 0.3) is 22.2 Å². The zero-order valence-corrected chi connectivity index (χ0v) is 22.4. The molecule has 7 nitrogen and oxygen atoms in total. The first-order valence-corrected chi connectivity index (χ1v) is 13.7. The van der Waals surface area contributed by atoms with Crippen LogP contribution in [0.4, 0.5) is 14.5 Å². The minimum Gasteiger partial charge on any atom is -0.379 e. The number of aromatic nitrogens is 3. The van der Waals surface area contributed by atoms with Gasteiger partial charge < -0.3 is 18.7 Å². The second-order valence-corrected chi connectivity index (χ2v) is 10.5. The maximum Gasteiger partial charge on any atom is 0.227 e. The number of imidazole rings is 1. The number of anilines is 1. The summed E-state index contributed by atoms with van der Waals surface area (Å²) in [5.74, 6) is -0.519. The van der Waals surface area contributed by atoms with Crippen molar-refractivity contribution < 1.29 is 22.8 Å². The minimum absolute atomic E-state index is 0.124. The van der Waals surface area contributed by atoms with Crippen molar-refractivity contribution in [3.05, 3.63) is 65.3 Å². The van der Waals surface area contributed by atoms with E-state index in [1.54, 1.807) is 4.90 Å². The Bertz CT molecular complexity index is 1520. The van der Waals surface area contributed by atoms with Crippen LogP contribution >= 0.6 is 0 Å². The van der Waals surface area contributed by atoms with Gasteiger partial charge in [0.15, 0.2) is 11.6 Å². The van der Waals surface area contributed by atoms with Gasteiger partial charge in [0.05, 0.1) is 28.9 Å². The molecule has 1 saturated heterocycles. The van der Waals surface area contributed by atoms with E-state index in [0.29, 0.717) is 25.1 Å². The van der Waals surface area contributed by atoms with Crippen LogP contribution in [-0.2, 0) is 9.53 Å². The van der Waals surface area contributed by atoms with E-state index in [1.807, 2.05) is 26.8 Å². The molecule has 6 rings (SSSR count). The molecule has 2 aliphatic rings. The Labute approximate surface area is 225 Å². The summed E-state index contributed by atoms with van der Waals surface area (Å²) >= 11 is 0. The zero-order chi connectivity index (χ0) is 27.3. The molecule has 1 aliphatic carbocycles. The predicted octanol–water partition coefficient (Wildman–Crippen LogP) is 6.97. The van der Waals surface area contributed by atoms with Crippen LogP contribution in [0.5, 0.6) is 0 Å². The SMILES string of the molecule is CCOC1CCC(n2c([C@@H]3CCC(=O)N3c3ccc(F)c(F)c3)nc3cc(-c4c(C)noc4C)ccc32)CC1. The van der Waals surface area contributed by atoms with Crippen molar-refractivity contribution in [1.82, 2.24) is 14.7 Å². The molecule has 39 heavy (non-hydrogen) atoms. The van der Waals surface area contributed by atoms with E-state index < -0.39 is 11.6 Å². The van der Waals surface area contributed by atoms with Crippen LogP contribution in [0.3, 0.4) is 0 Å².